The average Bonchev–Trinajstić information content (AvgIpc) is 3.25. The molecular formula is C22H24N4OS. The molecule has 1 amide bonds. The van der Waals surface area contributed by atoms with Crippen molar-refractivity contribution in [3.8, 4) is 0 Å². The first-order valence-electron chi connectivity index (χ1n) is 9.34. The minimum atomic E-state index is -0.138. The van der Waals surface area contributed by atoms with Gasteiger partial charge in [0.2, 0.25) is 0 Å². The number of fused-ring (bicyclic) bond motifs is 2. The SMILES string of the molecule is CSCC[C@H](NC(=O)c1ccc2ccn(C)c2c1)c1nc2ccccc2n1C. The molecule has 4 aromatic rings. The van der Waals surface area contributed by atoms with Crippen LogP contribution in [0, 0.1) is 0 Å². The third kappa shape index (κ3) is 3.40. The van der Waals surface area contributed by atoms with Crippen LogP contribution in [-0.4, -0.2) is 32.0 Å². The van der Waals surface area contributed by atoms with Gasteiger partial charge in [-0.1, -0.05) is 18.2 Å². The molecule has 0 bridgehead atoms. The molecule has 0 saturated carbocycles. The van der Waals surface area contributed by atoms with Gasteiger partial charge in [0.1, 0.15) is 5.82 Å². The van der Waals surface area contributed by atoms with Crippen molar-refractivity contribution in [2.45, 2.75) is 12.5 Å². The summed E-state index contributed by atoms with van der Waals surface area (Å²) in [7, 11) is 4.00. The fourth-order valence-corrected chi connectivity index (χ4v) is 4.09. The Morgan fingerprint density at radius 3 is 2.75 bits per heavy atom. The Kier molecular flexibility index (Phi) is 5.13. The third-order valence-electron chi connectivity index (χ3n) is 5.20. The standard InChI is InChI=1S/C22H24N4OS/c1-25-12-10-15-8-9-16(14-20(15)25)22(27)24-18(11-13-28-3)21-23-17-6-4-5-7-19(17)26(21)2/h4-10,12,14,18H,11,13H2,1-3H3,(H,24,27)/t18-/m0/s1. The molecule has 2 aromatic heterocycles. The van der Waals surface area contributed by atoms with Crippen molar-refractivity contribution in [2.24, 2.45) is 14.1 Å². The summed E-state index contributed by atoms with van der Waals surface area (Å²) in [5.74, 6) is 1.77. The molecule has 2 heterocycles. The summed E-state index contributed by atoms with van der Waals surface area (Å²) in [5.41, 5.74) is 3.75. The van der Waals surface area contributed by atoms with Gasteiger partial charge in [-0.15, -0.1) is 0 Å². The molecule has 0 saturated heterocycles. The van der Waals surface area contributed by atoms with Gasteiger partial charge < -0.3 is 14.5 Å². The first-order chi connectivity index (χ1) is 13.6. The summed E-state index contributed by atoms with van der Waals surface area (Å²) in [6, 6.07) is 15.8. The lowest BCUT2D eigenvalue weighted by atomic mass is 10.1. The van der Waals surface area contributed by atoms with E-state index in [2.05, 4.69) is 28.3 Å². The topological polar surface area (TPSA) is 51.9 Å². The van der Waals surface area contributed by atoms with Crippen molar-refractivity contribution in [2.75, 3.05) is 12.0 Å². The normalized spacial score (nSPS) is 12.5. The number of para-hydroxylation sites is 2. The Labute approximate surface area is 168 Å². The number of benzene rings is 2. The molecule has 1 N–H and O–H groups in total. The number of amides is 1. The maximum Gasteiger partial charge on any atom is 0.251 e. The van der Waals surface area contributed by atoms with E-state index in [0.29, 0.717) is 5.56 Å². The Morgan fingerprint density at radius 2 is 1.96 bits per heavy atom. The Balaban J connectivity index is 1.65. The van der Waals surface area contributed by atoms with Crippen molar-refractivity contribution in [1.82, 2.24) is 19.4 Å². The van der Waals surface area contributed by atoms with E-state index in [4.69, 9.17) is 4.98 Å². The van der Waals surface area contributed by atoms with Crippen molar-refractivity contribution < 1.29 is 4.79 Å². The van der Waals surface area contributed by atoms with Gasteiger partial charge in [0.15, 0.2) is 0 Å². The van der Waals surface area contributed by atoms with E-state index in [1.54, 1.807) is 11.8 Å². The van der Waals surface area contributed by atoms with Gasteiger partial charge in [-0.05, 0) is 54.1 Å². The number of carbonyl (C=O) groups excluding carboxylic acids is 1. The zero-order valence-electron chi connectivity index (χ0n) is 16.3. The highest BCUT2D eigenvalue weighted by molar-refractivity contribution is 7.98. The van der Waals surface area contributed by atoms with Gasteiger partial charge >= 0.3 is 0 Å². The number of thioether (sulfide) groups is 1. The molecule has 28 heavy (non-hydrogen) atoms. The Hall–Kier alpha value is -2.73. The number of imidazole rings is 1. The third-order valence-corrected chi connectivity index (χ3v) is 5.84. The zero-order valence-corrected chi connectivity index (χ0v) is 17.2. The number of aryl methyl sites for hydroxylation is 2. The summed E-state index contributed by atoms with van der Waals surface area (Å²) in [6.07, 6.45) is 4.92. The molecule has 0 aliphatic rings. The maximum absolute atomic E-state index is 13.0. The Morgan fingerprint density at radius 1 is 1.14 bits per heavy atom. The van der Waals surface area contributed by atoms with E-state index in [1.807, 2.05) is 61.3 Å². The van der Waals surface area contributed by atoms with Crippen molar-refractivity contribution in [3.63, 3.8) is 0 Å². The van der Waals surface area contributed by atoms with Gasteiger partial charge in [0, 0.05) is 31.4 Å². The number of hydrogen-bond acceptors (Lipinski definition) is 3. The summed E-state index contributed by atoms with van der Waals surface area (Å²) in [4.78, 5) is 17.8. The summed E-state index contributed by atoms with van der Waals surface area (Å²) in [5, 5.41) is 4.35. The molecule has 0 aliphatic heterocycles. The molecule has 6 heteroatoms. The van der Waals surface area contributed by atoms with Gasteiger partial charge in [-0.2, -0.15) is 11.8 Å². The highest BCUT2D eigenvalue weighted by Crippen LogP contribution is 2.24. The molecule has 4 rings (SSSR count). The van der Waals surface area contributed by atoms with Crippen molar-refractivity contribution in [1.29, 1.82) is 0 Å². The van der Waals surface area contributed by atoms with Crippen LogP contribution in [-0.2, 0) is 14.1 Å². The van der Waals surface area contributed by atoms with E-state index < -0.39 is 0 Å². The predicted octanol–water partition coefficient (Wildman–Crippen LogP) is 4.29. The van der Waals surface area contributed by atoms with Gasteiger partial charge in [0.05, 0.1) is 17.1 Å². The molecule has 5 nitrogen and oxygen atoms in total. The van der Waals surface area contributed by atoms with Gasteiger partial charge in [-0.25, -0.2) is 4.98 Å². The lowest BCUT2D eigenvalue weighted by molar-refractivity contribution is 0.0933. The first-order valence-corrected chi connectivity index (χ1v) is 10.7. The minimum Gasteiger partial charge on any atom is -0.351 e. The lowest BCUT2D eigenvalue weighted by Crippen LogP contribution is -2.30. The molecular weight excluding hydrogens is 368 g/mol. The largest absolute Gasteiger partial charge is 0.351 e. The average molecular weight is 393 g/mol. The number of aromatic nitrogens is 3. The van der Waals surface area contributed by atoms with E-state index in [1.165, 1.54) is 0 Å². The molecule has 0 spiro atoms. The van der Waals surface area contributed by atoms with Crippen LogP contribution in [0.25, 0.3) is 21.9 Å². The zero-order chi connectivity index (χ0) is 19.7. The lowest BCUT2D eigenvalue weighted by Gasteiger charge is -2.18. The van der Waals surface area contributed by atoms with E-state index in [-0.39, 0.29) is 11.9 Å². The van der Waals surface area contributed by atoms with E-state index in [0.717, 1.165) is 39.9 Å². The fourth-order valence-electron chi connectivity index (χ4n) is 3.62. The number of carbonyl (C=O) groups is 1. The summed E-state index contributed by atoms with van der Waals surface area (Å²) in [6.45, 7) is 0. The van der Waals surface area contributed by atoms with Gasteiger partial charge in [-0.3, -0.25) is 4.79 Å². The molecule has 144 valence electrons. The number of nitrogens with zero attached hydrogens (tertiary/aromatic N) is 3. The van der Waals surface area contributed by atoms with Crippen molar-refractivity contribution >= 4 is 39.6 Å². The Bertz CT molecular complexity index is 1140. The van der Waals surface area contributed by atoms with Crippen LogP contribution >= 0.6 is 11.8 Å². The molecule has 0 radical (unpaired) electrons. The second-order valence-electron chi connectivity index (χ2n) is 7.03. The molecule has 0 aliphatic carbocycles. The first kappa shape index (κ1) is 18.6. The quantitative estimate of drug-likeness (QED) is 0.533. The van der Waals surface area contributed by atoms with Crippen LogP contribution in [0.1, 0.15) is 28.6 Å². The van der Waals surface area contributed by atoms with Crippen molar-refractivity contribution in [3.05, 3.63) is 66.1 Å². The summed E-state index contributed by atoms with van der Waals surface area (Å²) >= 11 is 1.77. The number of rotatable bonds is 6. The minimum absolute atomic E-state index is 0.0683. The van der Waals surface area contributed by atoms with Crippen LogP contribution in [0.5, 0.6) is 0 Å². The molecule has 2 aromatic carbocycles. The van der Waals surface area contributed by atoms with Crippen LogP contribution in [0.2, 0.25) is 0 Å². The predicted molar refractivity (Wildman–Crippen MR) is 117 cm³/mol. The molecule has 1 atom stereocenters. The highest BCUT2D eigenvalue weighted by Gasteiger charge is 2.21. The van der Waals surface area contributed by atoms with E-state index in [9.17, 15) is 4.79 Å². The molecule has 0 unspecified atom stereocenters. The summed E-state index contributed by atoms with van der Waals surface area (Å²) < 4.78 is 4.11. The second-order valence-corrected chi connectivity index (χ2v) is 8.01. The van der Waals surface area contributed by atoms with Gasteiger partial charge in [0.25, 0.3) is 5.91 Å². The fraction of sp³-hybridized carbons (Fsp3) is 0.273. The van der Waals surface area contributed by atoms with Crippen LogP contribution < -0.4 is 5.32 Å². The monoisotopic (exact) mass is 392 g/mol. The highest BCUT2D eigenvalue weighted by atomic mass is 32.2. The second kappa shape index (κ2) is 7.72. The molecule has 0 fully saturated rings. The van der Waals surface area contributed by atoms with Crippen LogP contribution in [0.3, 0.4) is 0 Å². The van der Waals surface area contributed by atoms with E-state index >= 15 is 0 Å². The van der Waals surface area contributed by atoms with Crippen LogP contribution in [0.4, 0.5) is 0 Å². The smallest absolute Gasteiger partial charge is 0.251 e. The number of hydrogen-bond donors (Lipinski definition) is 1. The maximum atomic E-state index is 13.0. The number of nitrogens with one attached hydrogen (secondary N) is 1. The van der Waals surface area contributed by atoms with Crippen LogP contribution in [0.15, 0.2) is 54.7 Å².